The van der Waals surface area contributed by atoms with Gasteiger partial charge in [0, 0.05) is 0 Å². The molecule has 48 valence electrons. The Morgan fingerprint density at radius 1 is 0.333 bits per heavy atom. The Morgan fingerprint density at radius 3 is 0.333 bits per heavy atom. The molecule has 0 fully saturated rings. The molecule has 9 heteroatoms. The predicted octanol–water partition coefficient (Wildman–Crippen LogP) is -24.3. The number of rotatable bonds is 0. The van der Waals surface area contributed by atoms with Gasteiger partial charge >= 0.3 is 127 Å². The van der Waals surface area contributed by atoms with Crippen molar-refractivity contribution in [2.75, 3.05) is 0 Å². The van der Waals surface area contributed by atoms with E-state index in [4.69, 9.17) is 0 Å². The van der Waals surface area contributed by atoms with Crippen molar-refractivity contribution in [1.29, 1.82) is 0 Å². The van der Waals surface area contributed by atoms with Gasteiger partial charge in [-0.15, -0.1) is 0 Å². The van der Waals surface area contributed by atoms with Gasteiger partial charge in [-0.1, -0.05) is 0 Å². The zero-order valence-electron chi connectivity index (χ0n) is 4.77. The summed E-state index contributed by atoms with van der Waals surface area (Å²) in [6, 6.07) is 0. The molecule has 0 aromatic carbocycles. The Bertz CT molecular complexity index is 11.0. The Kier molecular flexibility index (Phi) is 1420. The molecule has 0 saturated heterocycles. The molecule has 0 spiro atoms. The second-order valence-electron chi connectivity index (χ2n) is 0. The summed E-state index contributed by atoms with van der Waals surface area (Å²) in [4.78, 5) is 0. The van der Waals surface area contributed by atoms with Crippen molar-refractivity contribution in [2.24, 2.45) is 0 Å². The zero-order chi connectivity index (χ0) is 0. The van der Waals surface area contributed by atoms with Crippen LogP contribution in [0.2, 0.25) is 0 Å². The fourth-order valence-corrected chi connectivity index (χ4v) is 0. The van der Waals surface area contributed by atoms with Crippen molar-refractivity contribution in [3.05, 3.63) is 0 Å². The molecule has 0 aromatic rings. The second-order valence-corrected chi connectivity index (χ2v) is 0. The van der Waals surface area contributed by atoms with Gasteiger partial charge in [-0.3, -0.25) is 0 Å². The van der Waals surface area contributed by atoms with E-state index >= 15 is 0 Å². The molecule has 0 saturated carbocycles. The normalized spacial score (nSPS) is 0. The average Bonchev–Trinajstić information content (AvgIpc) is 0. The molecule has 9 heavy (non-hydrogen) atoms. The first-order chi connectivity index (χ1) is 0. The van der Waals surface area contributed by atoms with E-state index in [1.54, 1.807) is 0 Å². The van der Waals surface area contributed by atoms with E-state index in [0.29, 0.717) is 0 Å². The molecule has 0 nitrogen and oxygen atoms in total. The summed E-state index contributed by atoms with van der Waals surface area (Å²) in [6.45, 7) is 0. The van der Waals surface area contributed by atoms with E-state index in [9.17, 15) is 0 Å². The average molecular weight is 311 g/mol. The summed E-state index contributed by atoms with van der Waals surface area (Å²) in [7, 11) is 0. The van der Waals surface area contributed by atoms with Crippen LogP contribution < -0.4 is 131 Å². The minimum absolute atomic E-state index is 0. The number of halogens is 6. The summed E-state index contributed by atoms with van der Waals surface area (Å²) >= 11 is 0. The Labute approximate surface area is 151 Å². The first-order valence-electron chi connectivity index (χ1n) is 0. The molecule has 0 atom stereocenters. The van der Waals surface area contributed by atoms with Crippen LogP contribution >= 0.6 is 0 Å². The smallest absolute Gasteiger partial charge is 1.00 e. The maximum absolute atomic E-state index is 0. The Morgan fingerprint density at radius 2 is 0.333 bits per heavy atom. The Hall–Kier alpha value is 3.65. The molecule has 0 N–H and O–H groups in total. The fourth-order valence-electron chi connectivity index (χ4n) is 0. The van der Waals surface area contributed by atoms with Gasteiger partial charge in [0.25, 0.3) is 0 Å². The van der Waals surface area contributed by atoms with Gasteiger partial charge in [-0.05, 0) is 0 Å². The van der Waals surface area contributed by atoms with Crippen LogP contribution in [0.15, 0.2) is 0 Å². The predicted molar refractivity (Wildman–Crippen MR) is 5.75 cm³/mol. The van der Waals surface area contributed by atoms with Crippen molar-refractivity contribution in [3.63, 3.8) is 0 Å². The third-order valence-corrected chi connectivity index (χ3v) is 0. The van der Waals surface area contributed by atoms with E-state index in [0.717, 1.165) is 0 Å². The summed E-state index contributed by atoms with van der Waals surface area (Å²) in [5.74, 6) is 0. The fraction of sp³-hybridized carbons (Fsp3) is 0. The molecular weight excluding hydrogens is 311 g/mol. The molecular formula is F6K2Sn. The van der Waals surface area contributed by atoms with Crippen LogP contribution in [0, 0.1) is 0 Å². The van der Waals surface area contributed by atoms with Crippen molar-refractivity contribution < 1.29 is 131 Å². The van der Waals surface area contributed by atoms with Crippen LogP contribution in [-0.4, -0.2) is 23.9 Å². The maximum Gasteiger partial charge on any atom is 4.00 e. The maximum atomic E-state index is 0. The molecule has 0 radical (unpaired) electrons. The van der Waals surface area contributed by atoms with Crippen LogP contribution in [0.1, 0.15) is 0 Å². The van der Waals surface area contributed by atoms with E-state index in [2.05, 4.69) is 0 Å². The van der Waals surface area contributed by atoms with Gasteiger partial charge in [0.05, 0.1) is 0 Å². The minimum atomic E-state index is 0. The minimum Gasteiger partial charge on any atom is -1.00 e. The van der Waals surface area contributed by atoms with Gasteiger partial charge in [0.1, 0.15) is 0 Å². The molecule has 0 aromatic heterocycles. The van der Waals surface area contributed by atoms with Crippen molar-refractivity contribution in [1.82, 2.24) is 0 Å². The number of hydrogen-bond acceptors (Lipinski definition) is 0. The van der Waals surface area contributed by atoms with Gasteiger partial charge in [-0.25, -0.2) is 0 Å². The van der Waals surface area contributed by atoms with E-state index in [1.165, 1.54) is 0 Å². The molecule has 0 aliphatic rings. The first kappa shape index (κ1) is 129. The first-order valence-corrected chi connectivity index (χ1v) is 0. The topological polar surface area (TPSA) is 0 Å². The van der Waals surface area contributed by atoms with Crippen LogP contribution in [0.3, 0.4) is 0 Å². The molecule has 0 heterocycles. The van der Waals surface area contributed by atoms with Gasteiger partial charge in [0.15, 0.2) is 0 Å². The van der Waals surface area contributed by atoms with E-state index in [-0.39, 0.29) is 155 Å². The largest absolute Gasteiger partial charge is 4.00 e. The Balaban J connectivity index is 0. The number of hydrogen-bond donors (Lipinski definition) is 0. The van der Waals surface area contributed by atoms with Crippen LogP contribution in [-0.2, 0) is 0 Å². The summed E-state index contributed by atoms with van der Waals surface area (Å²) in [5.41, 5.74) is 0. The molecule has 0 aliphatic heterocycles. The molecule has 0 bridgehead atoms. The second kappa shape index (κ2) is 99.1. The quantitative estimate of drug-likeness (QED) is 0.308. The van der Waals surface area contributed by atoms with Crippen molar-refractivity contribution in [3.8, 4) is 0 Å². The summed E-state index contributed by atoms with van der Waals surface area (Å²) in [5, 5.41) is 0. The van der Waals surface area contributed by atoms with Crippen molar-refractivity contribution in [2.45, 2.75) is 0 Å². The van der Waals surface area contributed by atoms with Crippen LogP contribution in [0.5, 0.6) is 0 Å². The van der Waals surface area contributed by atoms with E-state index < -0.39 is 0 Å². The third-order valence-electron chi connectivity index (χ3n) is 0. The monoisotopic (exact) mass is 312 g/mol. The summed E-state index contributed by atoms with van der Waals surface area (Å²) in [6.07, 6.45) is 0. The van der Waals surface area contributed by atoms with Crippen molar-refractivity contribution >= 4 is 23.9 Å². The standard InChI is InChI=1S/6FH.2K.Sn/h6*1H;;;/q;;;;;;2*+1;+4/p-6. The zero-order valence-corrected chi connectivity index (χ0v) is 13.9. The molecule has 0 amide bonds. The van der Waals surface area contributed by atoms with Crippen LogP contribution in [0.4, 0.5) is 0 Å². The summed E-state index contributed by atoms with van der Waals surface area (Å²) < 4.78 is 0. The van der Waals surface area contributed by atoms with Gasteiger partial charge in [-0.2, -0.15) is 0 Å². The van der Waals surface area contributed by atoms with E-state index in [1.807, 2.05) is 0 Å². The van der Waals surface area contributed by atoms with Gasteiger partial charge < -0.3 is 28.2 Å². The molecule has 0 rings (SSSR count). The molecule has 0 aliphatic carbocycles. The van der Waals surface area contributed by atoms with Gasteiger partial charge in [0.2, 0.25) is 0 Å². The molecule has 0 unspecified atom stereocenters. The van der Waals surface area contributed by atoms with Crippen LogP contribution in [0.25, 0.3) is 0 Å². The SMILES string of the molecule is [F-].[F-].[F-].[F-].[F-].[F-].[K+].[K+].[Sn+4]. The third kappa shape index (κ3) is 81.4.